The zero-order valence-electron chi connectivity index (χ0n) is 10.2. The van der Waals surface area contributed by atoms with Crippen molar-refractivity contribution in [2.24, 2.45) is 0 Å². The normalized spacial score (nSPS) is 15.6. The Morgan fingerprint density at radius 2 is 2.12 bits per heavy atom. The maximum Gasteiger partial charge on any atom is 0.331 e. The van der Waals surface area contributed by atoms with Gasteiger partial charge < -0.3 is 10.0 Å². The van der Waals surface area contributed by atoms with Crippen molar-refractivity contribution in [2.75, 3.05) is 18.0 Å². The predicted molar refractivity (Wildman–Crippen MR) is 68.5 cm³/mol. The fourth-order valence-electron chi connectivity index (χ4n) is 2.14. The lowest BCUT2D eigenvalue weighted by Gasteiger charge is -2.29. The van der Waals surface area contributed by atoms with Gasteiger partial charge in [-0.25, -0.2) is 4.79 Å². The quantitative estimate of drug-likeness (QED) is 0.850. The van der Waals surface area contributed by atoms with Crippen LogP contribution in [0.25, 0.3) is 0 Å². The molecule has 0 unspecified atom stereocenters. The minimum absolute atomic E-state index is 0.534. The van der Waals surface area contributed by atoms with Gasteiger partial charge in [0, 0.05) is 24.4 Å². The lowest BCUT2D eigenvalue weighted by Crippen LogP contribution is -2.30. The summed E-state index contributed by atoms with van der Waals surface area (Å²) < 4.78 is 0. The highest BCUT2D eigenvalue weighted by Gasteiger charge is 2.17. The van der Waals surface area contributed by atoms with Crippen LogP contribution in [0.2, 0.25) is 0 Å². The van der Waals surface area contributed by atoms with Crippen LogP contribution < -0.4 is 4.90 Å². The molecule has 1 N–H and O–H groups in total. The molecular formula is C14H17NO2. The fraction of sp³-hybridized carbons (Fsp3) is 0.357. The van der Waals surface area contributed by atoms with Gasteiger partial charge in [-0.3, -0.25) is 0 Å². The van der Waals surface area contributed by atoms with Crippen molar-refractivity contribution >= 4 is 11.7 Å². The first-order valence-electron chi connectivity index (χ1n) is 5.82. The number of benzene rings is 1. The third kappa shape index (κ3) is 2.49. The Hall–Kier alpha value is -1.77. The average Bonchev–Trinajstić information content (AvgIpc) is 2.32. The van der Waals surface area contributed by atoms with Crippen LogP contribution >= 0.6 is 0 Å². The molecule has 0 atom stereocenters. The summed E-state index contributed by atoms with van der Waals surface area (Å²) in [7, 11) is 0. The molecule has 1 heterocycles. The molecule has 0 amide bonds. The molecule has 0 bridgehead atoms. The second-order valence-electron chi connectivity index (χ2n) is 4.52. The van der Waals surface area contributed by atoms with Crippen molar-refractivity contribution < 1.29 is 9.90 Å². The Morgan fingerprint density at radius 1 is 1.35 bits per heavy atom. The lowest BCUT2D eigenvalue weighted by molar-refractivity contribution is -0.132. The van der Waals surface area contributed by atoms with Crippen LogP contribution in [0, 0.1) is 13.8 Å². The zero-order valence-corrected chi connectivity index (χ0v) is 10.2. The molecule has 0 saturated heterocycles. The summed E-state index contributed by atoms with van der Waals surface area (Å²) >= 11 is 0. The maximum absolute atomic E-state index is 10.8. The molecular weight excluding hydrogens is 214 g/mol. The molecule has 90 valence electrons. The smallest absolute Gasteiger partial charge is 0.331 e. The van der Waals surface area contributed by atoms with Crippen molar-refractivity contribution in [3.05, 3.63) is 41.0 Å². The summed E-state index contributed by atoms with van der Waals surface area (Å²) in [5, 5.41) is 8.91. The molecule has 1 aliphatic rings. The zero-order chi connectivity index (χ0) is 12.4. The van der Waals surface area contributed by atoms with Crippen molar-refractivity contribution in [2.45, 2.75) is 20.3 Å². The van der Waals surface area contributed by atoms with Gasteiger partial charge in [0.15, 0.2) is 0 Å². The Labute approximate surface area is 101 Å². The van der Waals surface area contributed by atoms with Gasteiger partial charge in [0.1, 0.15) is 0 Å². The number of anilines is 1. The van der Waals surface area contributed by atoms with Gasteiger partial charge in [0.2, 0.25) is 0 Å². The standard InChI is InChI=1S/C14H17NO2/c1-10-3-4-11(2)13(9-10)15-7-5-12(6-8-15)14(16)17/h3-5,9H,6-8H2,1-2H3,(H,16,17). The number of carboxylic acid groups (broad SMARTS) is 1. The van der Waals surface area contributed by atoms with Gasteiger partial charge in [-0.1, -0.05) is 18.2 Å². The summed E-state index contributed by atoms with van der Waals surface area (Å²) in [6.07, 6.45) is 2.43. The van der Waals surface area contributed by atoms with E-state index in [0.29, 0.717) is 18.5 Å². The molecule has 0 radical (unpaired) electrons. The van der Waals surface area contributed by atoms with Gasteiger partial charge >= 0.3 is 5.97 Å². The molecule has 1 aromatic rings. The summed E-state index contributed by atoms with van der Waals surface area (Å²) in [5.41, 5.74) is 4.22. The van der Waals surface area contributed by atoms with Crippen LogP contribution in [-0.4, -0.2) is 24.2 Å². The van der Waals surface area contributed by atoms with Crippen molar-refractivity contribution in [3.8, 4) is 0 Å². The summed E-state index contributed by atoms with van der Waals surface area (Å²) in [6, 6.07) is 6.37. The van der Waals surface area contributed by atoms with Crippen molar-refractivity contribution in [3.63, 3.8) is 0 Å². The van der Waals surface area contributed by atoms with Gasteiger partial charge in [-0.15, -0.1) is 0 Å². The van der Waals surface area contributed by atoms with E-state index in [0.717, 1.165) is 6.54 Å². The van der Waals surface area contributed by atoms with Crippen LogP contribution in [0.3, 0.4) is 0 Å². The highest BCUT2D eigenvalue weighted by atomic mass is 16.4. The van der Waals surface area contributed by atoms with Gasteiger partial charge in [-0.2, -0.15) is 0 Å². The van der Waals surface area contributed by atoms with Gasteiger partial charge in [-0.05, 0) is 37.5 Å². The van der Waals surface area contributed by atoms with Gasteiger partial charge in [0.25, 0.3) is 0 Å². The Morgan fingerprint density at radius 3 is 2.71 bits per heavy atom. The molecule has 2 rings (SSSR count). The first-order chi connectivity index (χ1) is 8.08. The highest BCUT2D eigenvalue weighted by Crippen LogP contribution is 2.24. The van der Waals surface area contributed by atoms with E-state index >= 15 is 0 Å². The molecule has 0 fully saturated rings. The maximum atomic E-state index is 10.8. The second kappa shape index (κ2) is 4.62. The number of aliphatic carboxylic acids is 1. The van der Waals surface area contributed by atoms with Crippen molar-refractivity contribution in [1.29, 1.82) is 0 Å². The molecule has 3 heteroatoms. The number of carbonyl (C=O) groups is 1. The first kappa shape index (κ1) is 11.7. The van der Waals surface area contributed by atoms with E-state index in [1.165, 1.54) is 16.8 Å². The number of hydrogen-bond acceptors (Lipinski definition) is 2. The van der Waals surface area contributed by atoms with Gasteiger partial charge in [0.05, 0.1) is 0 Å². The SMILES string of the molecule is Cc1ccc(C)c(N2CC=C(C(=O)O)CC2)c1. The summed E-state index contributed by atoms with van der Waals surface area (Å²) in [5.74, 6) is -0.786. The second-order valence-corrected chi connectivity index (χ2v) is 4.52. The molecule has 3 nitrogen and oxygen atoms in total. The third-order valence-corrected chi connectivity index (χ3v) is 3.19. The minimum atomic E-state index is -0.786. The van der Waals surface area contributed by atoms with E-state index in [1.807, 2.05) is 6.08 Å². The van der Waals surface area contributed by atoms with E-state index in [1.54, 1.807) is 0 Å². The molecule has 0 spiro atoms. The minimum Gasteiger partial charge on any atom is -0.478 e. The molecule has 1 aliphatic heterocycles. The number of rotatable bonds is 2. The molecule has 17 heavy (non-hydrogen) atoms. The predicted octanol–water partition coefficient (Wildman–Crippen LogP) is 2.52. The van der Waals surface area contributed by atoms with E-state index in [4.69, 9.17) is 5.11 Å². The van der Waals surface area contributed by atoms with Crippen LogP contribution in [0.15, 0.2) is 29.8 Å². The Kier molecular flexibility index (Phi) is 3.18. The Balaban J connectivity index is 2.21. The van der Waals surface area contributed by atoms with Crippen molar-refractivity contribution in [1.82, 2.24) is 0 Å². The number of carboxylic acids is 1. The first-order valence-corrected chi connectivity index (χ1v) is 5.82. The third-order valence-electron chi connectivity index (χ3n) is 3.19. The Bertz CT molecular complexity index is 477. The van der Waals surface area contributed by atoms with E-state index in [-0.39, 0.29) is 0 Å². The van der Waals surface area contributed by atoms with E-state index in [9.17, 15) is 4.79 Å². The van der Waals surface area contributed by atoms with Crippen LogP contribution in [0.1, 0.15) is 17.5 Å². The van der Waals surface area contributed by atoms with Crippen LogP contribution in [-0.2, 0) is 4.79 Å². The van der Waals surface area contributed by atoms with E-state index < -0.39 is 5.97 Å². The molecule has 0 aliphatic carbocycles. The molecule has 0 aromatic heterocycles. The summed E-state index contributed by atoms with van der Waals surface area (Å²) in [4.78, 5) is 13.1. The number of aryl methyl sites for hydroxylation is 2. The number of nitrogens with zero attached hydrogens (tertiary/aromatic N) is 1. The monoisotopic (exact) mass is 231 g/mol. The van der Waals surface area contributed by atoms with E-state index in [2.05, 4.69) is 36.9 Å². The fourth-order valence-corrected chi connectivity index (χ4v) is 2.14. The number of hydrogen-bond donors (Lipinski definition) is 1. The lowest BCUT2D eigenvalue weighted by atomic mass is 10.1. The van der Waals surface area contributed by atoms with Crippen LogP contribution in [0.4, 0.5) is 5.69 Å². The van der Waals surface area contributed by atoms with Crippen LogP contribution in [0.5, 0.6) is 0 Å². The molecule has 1 aromatic carbocycles. The summed E-state index contributed by atoms with van der Waals surface area (Å²) in [6.45, 7) is 5.63. The molecule has 0 saturated carbocycles. The topological polar surface area (TPSA) is 40.5 Å². The average molecular weight is 231 g/mol. The highest BCUT2D eigenvalue weighted by molar-refractivity contribution is 5.87. The largest absolute Gasteiger partial charge is 0.478 e.